The van der Waals surface area contributed by atoms with Gasteiger partial charge in [0.05, 0.1) is 18.3 Å². The number of anilines is 1. The predicted molar refractivity (Wildman–Crippen MR) is 116 cm³/mol. The number of nitrogens with one attached hydrogen (secondary N) is 2. The number of likely N-dealkylation sites (tertiary alicyclic amines) is 1. The van der Waals surface area contributed by atoms with E-state index in [0.29, 0.717) is 18.0 Å². The van der Waals surface area contributed by atoms with Crippen LogP contribution in [0.4, 0.5) is 10.5 Å². The molecule has 1 saturated carbocycles. The summed E-state index contributed by atoms with van der Waals surface area (Å²) in [5, 5.41) is 6.61. The zero-order chi connectivity index (χ0) is 21.4. The van der Waals surface area contributed by atoms with Gasteiger partial charge in [-0.2, -0.15) is 0 Å². The van der Waals surface area contributed by atoms with Gasteiger partial charge in [0.25, 0.3) is 5.91 Å². The van der Waals surface area contributed by atoms with Gasteiger partial charge in [-0.3, -0.25) is 4.79 Å². The van der Waals surface area contributed by atoms with Crippen LogP contribution in [0.3, 0.4) is 0 Å². The normalized spacial score (nSPS) is 24.0. The predicted octanol–water partition coefficient (Wildman–Crippen LogP) is 4.27. The standard InChI is InChI=1S/C24H27N3O4/c1-2-11-31-24(29)27-10-9-17-21(20-4-3-12-30-20)26-19-8-7-16(13-18(19)22(17)27)23(28)25-14-15-5-6-15/h2-4,7-8,12-13,15,17,21-22,26H,1,5-6,9-11,14H2,(H,25,28)/t17-,21?,22-/m0/s1. The number of furan rings is 1. The molecule has 2 aliphatic heterocycles. The van der Waals surface area contributed by atoms with Crippen molar-refractivity contribution in [2.45, 2.75) is 31.3 Å². The Morgan fingerprint density at radius 3 is 2.90 bits per heavy atom. The van der Waals surface area contributed by atoms with Gasteiger partial charge in [-0.05, 0) is 61.1 Å². The molecule has 2 aromatic rings. The second-order valence-electron chi connectivity index (χ2n) is 8.55. The van der Waals surface area contributed by atoms with E-state index in [0.717, 1.165) is 30.0 Å². The molecule has 3 atom stereocenters. The molecular weight excluding hydrogens is 394 g/mol. The number of fused-ring (bicyclic) bond motifs is 3. The minimum absolute atomic E-state index is 0.0563. The van der Waals surface area contributed by atoms with E-state index < -0.39 is 0 Å². The third kappa shape index (κ3) is 3.80. The number of amides is 2. The maximum Gasteiger partial charge on any atom is 0.410 e. The van der Waals surface area contributed by atoms with Crippen LogP contribution in [0.2, 0.25) is 0 Å². The van der Waals surface area contributed by atoms with Crippen LogP contribution in [0.25, 0.3) is 0 Å². The van der Waals surface area contributed by atoms with Crippen LogP contribution in [-0.2, 0) is 4.74 Å². The van der Waals surface area contributed by atoms with Gasteiger partial charge < -0.3 is 24.7 Å². The van der Waals surface area contributed by atoms with Gasteiger partial charge in [0, 0.05) is 30.3 Å². The van der Waals surface area contributed by atoms with Gasteiger partial charge >= 0.3 is 6.09 Å². The summed E-state index contributed by atoms with van der Waals surface area (Å²) < 4.78 is 11.1. The SMILES string of the molecule is C=CCOC(=O)N1CC[C@H]2C(c3ccco3)Nc3ccc(C(=O)NCC4CC4)cc3[C@H]21. The Balaban J connectivity index is 1.47. The Kier molecular flexibility index (Phi) is 5.18. The van der Waals surface area contributed by atoms with Crippen molar-refractivity contribution in [3.8, 4) is 0 Å². The molecule has 1 unspecified atom stereocenters. The molecule has 2 amide bonds. The van der Waals surface area contributed by atoms with Crippen molar-refractivity contribution >= 4 is 17.7 Å². The number of nitrogens with zero attached hydrogens (tertiary/aromatic N) is 1. The maximum atomic E-state index is 12.8. The molecule has 1 aromatic carbocycles. The van der Waals surface area contributed by atoms with Gasteiger partial charge in [-0.25, -0.2) is 4.79 Å². The van der Waals surface area contributed by atoms with Crippen molar-refractivity contribution in [1.29, 1.82) is 0 Å². The van der Waals surface area contributed by atoms with Crippen LogP contribution < -0.4 is 10.6 Å². The van der Waals surface area contributed by atoms with Gasteiger partial charge in [0.15, 0.2) is 0 Å². The van der Waals surface area contributed by atoms with Crippen LogP contribution >= 0.6 is 0 Å². The minimum atomic E-state index is -0.359. The number of ether oxygens (including phenoxy) is 1. The molecular formula is C24H27N3O4. The fourth-order valence-corrected chi connectivity index (χ4v) is 4.75. The molecule has 2 fully saturated rings. The second kappa shape index (κ2) is 8.13. The van der Waals surface area contributed by atoms with Crippen molar-refractivity contribution in [3.05, 3.63) is 66.1 Å². The number of carbonyl (C=O) groups excluding carboxylic acids is 2. The summed E-state index contributed by atoms with van der Waals surface area (Å²) in [4.78, 5) is 27.3. The Labute approximate surface area is 181 Å². The zero-order valence-electron chi connectivity index (χ0n) is 17.4. The van der Waals surface area contributed by atoms with Crippen LogP contribution in [0.5, 0.6) is 0 Å². The van der Waals surface area contributed by atoms with Crippen LogP contribution in [-0.4, -0.2) is 36.6 Å². The van der Waals surface area contributed by atoms with Gasteiger partial charge in [-0.1, -0.05) is 12.7 Å². The van der Waals surface area contributed by atoms with Crippen molar-refractivity contribution in [2.75, 3.05) is 25.0 Å². The first kappa shape index (κ1) is 19.7. The van der Waals surface area contributed by atoms with Crippen LogP contribution in [0, 0.1) is 11.8 Å². The second-order valence-corrected chi connectivity index (χ2v) is 8.55. The summed E-state index contributed by atoms with van der Waals surface area (Å²) in [5.74, 6) is 1.50. The van der Waals surface area contributed by atoms with E-state index in [-0.39, 0.29) is 36.6 Å². The summed E-state index contributed by atoms with van der Waals surface area (Å²) in [6.45, 7) is 5.10. The van der Waals surface area contributed by atoms with Crippen LogP contribution in [0.1, 0.15) is 53.0 Å². The van der Waals surface area contributed by atoms with Gasteiger partial charge in [0.2, 0.25) is 0 Å². The summed E-state index contributed by atoms with van der Waals surface area (Å²) in [6, 6.07) is 9.26. The van der Waals surface area contributed by atoms with Crippen molar-refractivity contribution in [3.63, 3.8) is 0 Å². The van der Waals surface area contributed by atoms with E-state index in [1.54, 1.807) is 17.2 Å². The largest absolute Gasteiger partial charge is 0.467 e. The number of hydrogen-bond acceptors (Lipinski definition) is 5. The first-order chi connectivity index (χ1) is 15.2. The molecule has 3 aliphatic rings. The lowest BCUT2D eigenvalue weighted by molar-refractivity contribution is 0.0951. The summed E-state index contributed by atoms with van der Waals surface area (Å²) in [7, 11) is 0. The average molecular weight is 421 g/mol. The highest BCUT2D eigenvalue weighted by Gasteiger charge is 2.48. The maximum absolute atomic E-state index is 12.8. The fourth-order valence-electron chi connectivity index (χ4n) is 4.75. The molecule has 3 heterocycles. The van der Waals surface area contributed by atoms with Gasteiger partial charge in [-0.15, -0.1) is 0 Å². The average Bonchev–Trinajstić information content (AvgIpc) is 3.26. The molecule has 1 aromatic heterocycles. The van der Waals surface area contributed by atoms with E-state index in [1.165, 1.54) is 12.8 Å². The molecule has 7 heteroatoms. The lowest BCUT2D eigenvalue weighted by Crippen LogP contribution is -2.38. The Morgan fingerprint density at radius 2 is 2.16 bits per heavy atom. The number of rotatable bonds is 6. The van der Waals surface area contributed by atoms with E-state index >= 15 is 0 Å². The molecule has 1 aliphatic carbocycles. The van der Waals surface area contributed by atoms with E-state index in [2.05, 4.69) is 17.2 Å². The van der Waals surface area contributed by atoms with E-state index in [1.807, 2.05) is 30.3 Å². The summed E-state index contributed by atoms with van der Waals surface area (Å²) >= 11 is 0. The summed E-state index contributed by atoms with van der Waals surface area (Å²) in [5.41, 5.74) is 2.47. The Hall–Kier alpha value is -3.22. The zero-order valence-corrected chi connectivity index (χ0v) is 17.4. The third-order valence-electron chi connectivity index (χ3n) is 6.47. The molecule has 0 radical (unpaired) electrons. The molecule has 7 nitrogen and oxygen atoms in total. The highest BCUT2D eigenvalue weighted by atomic mass is 16.6. The monoisotopic (exact) mass is 421 g/mol. The highest BCUT2D eigenvalue weighted by Crippen LogP contribution is 2.51. The number of benzene rings is 1. The van der Waals surface area contributed by atoms with Gasteiger partial charge in [0.1, 0.15) is 12.4 Å². The molecule has 2 N–H and O–H groups in total. The third-order valence-corrected chi connectivity index (χ3v) is 6.47. The fraction of sp³-hybridized carbons (Fsp3) is 0.417. The topological polar surface area (TPSA) is 83.8 Å². The van der Waals surface area contributed by atoms with Crippen molar-refractivity contribution < 1.29 is 18.7 Å². The molecule has 0 bridgehead atoms. The van der Waals surface area contributed by atoms with Crippen molar-refractivity contribution in [2.24, 2.45) is 11.8 Å². The minimum Gasteiger partial charge on any atom is -0.467 e. The van der Waals surface area contributed by atoms with E-state index in [9.17, 15) is 9.59 Å². The Morgan fingerprint density at radius 1 is 1.29 bits per heavy atom. The number of hydrogen-bond donors (Lipinski definition) is 2. The van der Waals surface area contributed by atoms with Crippen molar-refractivity contribution in [1.82, 2.24) is 10.2 Å². The number of carbonyl (C=O) groups is 2. The summed E-state index contributed by atoms with van der Waals surface area (Å²) in [6.07, 6.45) is 6.06. The quantitative estimate of drug-likeness (QED) is 0.681. The van der Waals surface area contributed by atoms with Crippen LogP contribution in [0.15, 0.2) is 53.7 Å². The van der Waals surface area contributed by atoms with E-state index in [4.69, 9.17) is 9.15 Å². The molecule has 1 saturated heterocycles. The molecule has 162 valence electrons. The highest BCUT2D eigenvalue weighted by molar-refractivity contribution is 5.95. The Bertz CT molecular complexity index is 983. The lowest BCUT2D eigenvalue weighted by atomic mass is 9.81. The smallest absolute Gasteiger partial charge is 0.410 e. The first-order valence-electron chi connectivity index (χ1n) is 10.9. The lowest BCUT2D eigenvalue weighted by Gasteiger charge is -2.38. The molecule has 5 rings (SSSR count). The molecule has 0 spiro atoms. The first-order valence-corrected chi connectivity index (χ1v) is 10.9. The molecule has 31 heavy (non-hydrogen) atoms.